The molecule has 1 amide bonds. The van der Waals surface area contributed by atoms with Crippen LogP contribution < -0.4 is 9.64 Å². The third-order valence-corrected chi connectivity index (χ3v) is 11.2. The van der Waals surface area contributed by atoms with Crippen LogP contribution >= 0.6 is 0 Å². The molecule has 9 nitrogen and oxygen atoms in total. The van der Waals surface area contributed by atoms with Crippen LogP contribution in [-0.2, 0) is 4.79 Å². The number of likely N-dealkylation sites (N-methyl/N-ethyl adjacent to an activating group) is 1. The Balaban J connectivity index is 1.09. The minimum atomic E-state index is -0.887. The number of nitrogens with zero attached hydrogens (tertiary/aromatic N) is 7. The lowest BCUT2D eigenvalue weighted by molar-refractivity contribution is -0.131. The lowest BCUT2D eigenvalue weighted by Crippen LogP contribution is -2.53. The molecule has 0 saturated carbocycles. The molecule has 4 aliphatic rings. The highest BCUT2D eigenvalue weighted by Gasteiger charge is 2.49. The monoisotopic (exact) mass is 667 g/mol. The summed E-state index contributed by atoms with van der Waals surface area (Å²) in [6, 6.07) is 12.3. The summed E-state index contributed by atoms with van der Waals surface area (Å²) in [5.74, 6) is 0.238. The molecular weight excluding hydrogens is 624 g/mol. The molecule has 2 aromatic heterocycles. The van der Waals surface area contributed by atoms with Crippen LogP contribution in [0.1, 0.15) is 31.2 Å². The third kappa shape index (κ3) is 5.80. The fourth-order valence-electron chi connectivity index (χ4n) is 8.36. The van der Waals surface area contributed by atoms with Gasteiger partial charge in [0.05, 0.1) is 10.9 Å². The Bertz CT molecular complexity index is 1940. The zero-order valence-corrected chi connectivity index (χ0v) is 28.4. The number of anilines is 1. The van der Waals surface area contributed by atoms with Crippen molar-refractivity contribution in [3.63, 3.8) is 0 Å². The van der Waals surface area contributed by atoms with Gasteiger partial charge in [-0.1, -0.05) is 42.5 Å². The second-order valence-corrected chi connectivity index (χ2v) is 14.5. The fraction of sp³-hybridized carbons (Fsp3) is 0.474. The number of ether oxygens (including phenoxy) is 1. The highest BCUT2D eigenvalue weighted by Crippen LogP contribution is 2.41. The van der Waals surface area contributed by atoms with Crippen molar-refractivity contribution in [2.75, 3.05) is 64.9 Å². The Hall–Kier alpha value is -4.22. The number of hydrogen-bond donors (Lipinski definition) is 0. The zero-order valence-electron chi connectivity index (χ0n) is 28.4. The minimum absolute atomic E-state index is 0.0348. The predicted molar refractivity (Wildman–Crippen MR) is 187 cm³/mol. The average molecular weight is 668 g/mol. The summed E-state index contributed by atoms with van der Waals surface area (Å²) < 4.78 is 37.6. The van der Waals surface area contributed by atoms with E-state index in [0.29, 0.717) is 55.4 Å². The van der Waals surface area contributed by atoms with Crippen LogP contribution in [0.25, 0.3) is 32.9 Å². The Labute approximate surface area is 285 Å². The molecule has 4 saturated heterocycles. The van der Waals surface area contributed by atoms with Crippen molar-refractivity contribution in [2.24, 2.45) is 5.92 Å². The molecule has 8 rings (SSSR count). The van der Waals surface area contributed by atoms with Crippen LogP contribution in [-0.4, -0.2) is 113 Å². The minimum Gasteiger partial charge on any atom is -0.461 e. The second-order valence-electron chi connectivity index (χ2n) is 14.5. The van der Waals surface area contributed by atoms with Gasteiger partial charge in [0, 0.05) is 76.0 Å². The van der Waals surface area contributed by atoms with E-state index in [2.05, 4.69) is 26.8 Å². The summed E-state index contributed by atoms with van der Waals surface area (Å²) in [5.41, 5.74) is 1.69. The Morgan fingerprint density at radius 2 is 1.96 bits per heavy atom. The maximum Gasteiger partial charge on any atom is 0.319 e. The zero-order chi connectivity index (χ0) is 33.9. The molecule has 4 aliphatic heterocycles. The number of pyridine rings is 1. The smallest absolute Gasteiger partial charge is 0.319 e. The number of alkyl halides is 1. The quantitative estimate of drug-likeness (QED) is 0.220. The first-order chi connectivity index (χ1) is 23.7. The first kappa shape index (κ1) is 32.0. The Morgan fingerprint density at radius 3 is 2.73 bits per heavy atom. The van der Waals surface area contributed by atoms with Crippen LogP contribution in [0.5, 0.6) is 6.01 Å². The van der Waals surface area contributed by atoms with Gasteiger partial charge >= 0.3 is 6.01 Å². The summed E-state index contributed by atoms with van der Waals surface area (Å²) in [6.07, 6.45) is 7.80. The normalized spacial score (nSPS) is 24.5. The molecule has 0 radical (unpaired) electrons. The summed E-state index contributed by atoms with van der Waals surface area (Å²) in [4.78, 5) is 35.1. The molecule has 0 unspecified atom stereocenters. The largest absolute Gasteiger partial charge is 0.461 e. The van der Waals surface area contributed by atoms with Crippen molar-refractivity contribution in [1.82, 2.24) is 29.7 Å². The van der Waals surface area contributed by atoms with E-state index in [1.807, 2.05) is 66.2 Å². The van der Waals surface area contributed by atoms with E-state index in [1.165, 1.54) is 0 Å². The van der Waals surface area contributed by atoms with Crippen LogP contribution in [0.2, 0.25) is 0 Å². The van der Waals surface area contributed by atoms with Crippen LogP contribution in [0.3, 0.4) is 0 Å². The highest BCUT2D eigenvalue weighted by atomic mass is 19.1. The number of likely N-dealkylation sites (tertiary alicyclic amines) is 2. The molecule has 0 bridgehead atoms. The Kier molecular flexibility index (Phi) is 8.22. The molecule has 49 heavy (non-hydrogen) atoms. The van der Waals surface area contributed by atoms with E-state index >= 15 is 4.39 Å². The number of hydrogen-bond acceptors (Lipinski definition) is 8. The van der Waals surface area contributed by atoms with Gasteiger partial charge in [0.1, 0.15) is 29.8 Å². The maximum absolute atomic E-state index is 16.8. The summed E-state index contributed by atoms with van der Waals surface area (Å²) in [5, 5.41) is 2.44. The second kappa shape index (κ2) is 12.6. The SMILES string of the molecule is Cc1cccc2cccc(-c3ncc4c(N(C)CC5CN(C(=O)/C=C/[C@H]6CCN6C)C5)nc(OC[C@@]56CCCN5C[C@H](F)C6)nc4c3F)c12. The molecule has 11 heteroatoms. The number of amides is 1. The van der Waals surface area contributed by atoms with E-state index in [1.54, 1.807) is 12.3 Å². The molecule has 0 aliphatic carbocycles. The number of halogens is 2. The van der Waals surface area contributed by atoms with Crippen LogP contribution in [0.4, 0.5) is 14.6 Å². The first-order valence-electron chi connectivity index (χ1n) is 17.4. The van der Waals surface area contributed by atoms with Crippen LogP contribution in [0, 0.1) is 18.7 Å². The number of aryl methyl sites for hydroxylation is 1. The van der Waals surface area contributed by atoms with Crippen molar-refractivity contribution in [3.05, 3.63) is 66.1 Å². The third-order valence-electron chi connectivity index (χ3n) is 11.2. The van der Waals surface area contributed by atoms with Crippen molar-refractivity contribution >= 4 is 33.4 Å². The number of aromatic nitrogens is 3. The molecule has 4 aromatic rings. The predicted octanol–water partition coefficient (Wildman–Crippen LogP) is 5.40. The van der Waals surface area contributed by atoms with E-state index in [0.717, 1.165) is 48.7 Å². The summed E-state index contributed by atoms with van der Waals surface area (Å²) in [6.45, 7) is 6.47. The molecule has 0 spiro atoms. The molecular formula is C38H43F2N7O2. The standard InChI is InChI=1S/C38H43F2N7O2/c1-24-7-4-8-26-9-5-10-29(32(24)26)34-33(40)35-30(18-41-34)36(43-37(42-35)49-23-38-14-6-15-47(38)22-27(39)17-38)45(3)19-25-20-46(21-25)31(48)12-11-28-13-16-44(28)2/h4-5,7-12,18,25,27-28H,6,13-17,19-23H2,1-3H3/b12-11+/t27-,28+,38+/m1/s1. The van der Waals surface area contributed by atoms with Crippen molar-refractivity contribution < 1.29 is 18.3 Å². The van der Waals surface area contributed by atoms with Gasteiger partial charge in [0.25, 0.3) is 0 Å². The van der Waals surface area contributed by atoms with Crippen LogP contribution in [0.15, 0.2) is 54.7 Å². The highest BCUT2D eigenvalue weighted by molar-refractivity contribution is 6.00. The van der Waals surface area contributed by atoms with Gasteiger partial charge in [-0.15, -0.1) is 0 Å². The molecule has 2 aromatic carbocycles. The summed E-state index contributed by atoms with van der Waals surface area (Å²) in [7, 11) is 3.99. The molecule has 3 atom stereocenters. The molecule has 256 valence electrons. The van der Waals surface area contributed by atoms with Gasteiger partial charge in [0.15, 0.2) is 5.82 Å². The van der Waals surface area contributed by atoms with Crippen molar-refractivity contribution in [1.29, 1.82) is 0 Å². The number of benzene rings is 2. The van der Waals surface area contributed by atoms with Gasteiger partial charge < -0.3 is 14.5 Å². The number of carbonyl (C=O) groups excluding carboxylic acids is 1. The van der Waals surface area contributed by atoms with Crippen molar-refractivity contribution in [2.45, 2.75) is 50.4 Å². The number of carbonyl (C=O) groups is 1. The van der Waals surface area contributed by atoms with Gasteiger partial charge in [-0.3, -0.25) is 19.6 Å². The van der Waals surface area contributed by atoms with Gasteiger partial charge in [-0.2, -0.15) is 9.97 Å². The van der Waals surface area contributed by atoms with Crippen molar-refractivity contribution in [3.8, 4) is 17.3 Å². The Morgan fingerprint density at radius 1 is 1.14 bits per heavy atom. The lowest BCUT2D eigenvalue weighted by atomic mass is 9.95. The van der Waals surface area contributed by atoms with E-state index < -0.39 is 17.5 Å². The average Bonchev–Trinajstić information content (AvgIpc) is 3.60. The maximum atomic E-state index is 16.8. The first-order valence-corrected chi connectivity index (χ1v) is 17.4. The molecule has 6 heterocycles. The van der Waals surface area contributed by atoms with Gasteiger partial charge in [-0.05, 0) is 56.1 Å². The van der Waals surface area contributed by atoms with E-state index in [4.69, 9.17) is 9.72 Å². The van der Waals surface area contributed by atoms with E-state index in [9.17, 15) is 9.18 Å². The lowest BCUT2D eigenvalue weighted by Gasteiger charge is -2.41. The fourth-order valence-corrected chi connectivity index (χ4v) is 8.36. The van der Waals surface area contributed by atoms with E-state index in [-0.39, 0.29) is 35.7 Å². The molecule has 4 fully saturated rings. The van der Waals surface area contributed by atoms with Gasteiger partial charge in [0.2, 0.25) is 5.91 Å². The summed E-state index contributed by atoms with van der Waals surface area (Å²) >= 11 is 0. The van der Waals surface area contributed by atoms with Gasteiger partial charge in [-0.25, -0.2) is 8.78 Å². The number of fused-ring (bicyclic) bond motifs is 3. The molecule has 0 N–H and O–H groups in total. The number of rotatable bonds is 9. The topological polar surface area (TPSA) is 77.9 Å².